The van der Waals surface area contributed by atoms with E-state index in [2.05, 4.69) is 11.9 Å². The van der Waals surface area contributed by atoms with E-state index in [0.29, 0.717) is 16.8 Å². The number of nitrogens with zero attached hydrogens (tertiary/aromatic N) is 1. The lowest BCUT2D eigenvalue weighted by Crippen LogP contribution is -2.29. The highest BCUT2D eigenvalue weighted by atomic mass is 32.1. The van der Waals surface area contributed by atoms with Gasteiger partial charge in [-0.2, -0.15) is 0 Å². The molecule has 18 heavy (non-hydrogen) atoms. The standard InChI is InChI=1S/C13H15FN2OS/c1-13(6-3-7-17-13)8-16-10-5-2-4-9(14)11(10)15-12(16)18/h2,4-5H,3,6-8H2,1H3,(H,15,18). The average Bonchev–Trinajstić information content (AvgIpc) is 2.88. The Morgan fingerprint density at radius 1 is 1.56 bits per heavy atom. The molecule has 2 aromatic rings. The topological polar surface area (TPSA) is 29.9 Å². The second-order valence-corrected chi connectivity index (χ2v) is 5.44. The van der Waals surface area contributed by atoms with Crippen LogP contribution in [-0.4, -0.2) is 21.8 Å². The molecule has 1 unspecified atom stereocenters. The fourth-order valence-electron chi connectivity index (χ4n) is 2.60. The van der Waals surface area contributed by atoms with Crippen molar-refractivity contribution < 1.29 is 9.13 Å². The van der Waals surface area contributed by atoms with Gasteiger partial charge in [-0.3, -0.25) is 0 Å². The van der Waals surface area contributed by atoms with Gasteiger partial charge in [0, 0.05) is 6.61 Å². The molecule has 1 fully saturated rings. The van der Waals surface area contributed by atoms with Crippen LogP contribution in [0.15, 0.2) is 18.2 Å². The molecule has 1 saturated heterocycles. The van der Waals surface area contributed by atoms with E-state index in [1.165, 1.54) is 6.07 Å². The number of H-pyrrole nitrogens is 1. The van der Waals surface area contributed by atoms with Crippen LogP contribution in [0.5, 0.6) is 0 Å². The van der Waals surface area contributed by atoms with E-state index in [1.54, 1.807) is 6.07 Å². The molecular weight excluding hydrogens is 251 g/mol. The number of fused-ring (bicyclic) bond motifs is 1. The van der Waals surface area contributed by atoms with Crippen LogP contribution in [0, 0.1) is 10.6 Å². The minimum atomic E-state index is -0.269. The van der Waals surface area contributed by atoms with Crippen LogP contribution < -0.4 is 0 Å². The molecule has 5 heteroatoms. The van der Waals surface area contributed by atoms with Crippen LogP contribution >= 0.6 is 12.2 Å². The Morgan fingerprint density at radius 3 is 3.11 bits per heavy atom. The molecule has 96 valence electrons. The fraction of sp³-hybridized carbons (Fsp3) is 0.462. The van der Waals surface area contributed by atoms with E-state index in [9.17, 15) is 4.39 Å². The molecule has 1 N–H and O–H groups in total. The second kappa shape index (κ2) is 4.17. The first-order valence-electron chi connectivity index (χ1n) is 6.10. The van der Waals surface area contributed by atoms with Gasteiger partial charge in [0.25, 0.3) is 0 Å². The predicted molar refractivity (Wildman–Crippen MR) is 70.7 cm³/mol. The van der Waals surface area contributed by atoms with Crippen LogP contribution in [0.1, 0.15) is 19.8 Å². The Bertz CT molecular complexity index is 640. The van der Waals surface area contributed by atoms with Gasteiger partial charge in [0.1, 0.15) is 11.3 Å². The molecule has 0 aliphatic carbocycles. The highest BCUT2D eigenvalue weighted by Crippen LogP contribution is 2.29. The lowest BCUT2D eigenvalue weighted by Gasteiger charge is -2.23. The van der Waals surface area contributed by atoms with Gasteiger partial charge in [0.2, 0.25) is 0 Å². The van der Waals surface area contributed by atoms with E-state index >= 15 is 0 Å². The Hall–Kier alpha value is -1.20. The lowest BCUT2D eigenvalue weighted by atomic mass is 10.0. The number of imidazole rings is 1. The van der Waals surface area contributed by atoms with Crippen molar-refractivity contribution in [2.24, 2.45) is 0 Å². The normalized spacial score (nSPS) is 23.9. The summed E-state index contributed by atoms with van der Waals surface area (Å²) in [5, 5.41) is 0. The molecule has 0 radical (unpaired) electrons. The predicted octanol–water partition coefficient (Wildman–Crippen LogP) is 3.41. The number of hydrogen-bond acceptors (Lipinski definition) is 2. The summed E-state index contributed by atoms with van der Waals surface area (Å²) in [5.74, 6) is -0.269. The number of aromatic amines is 1. The fourth-order valence-corrected chi connectivity index (χ4v) is 2.86. The third kappa shape index (κ3) is 1.87. The molecule has 0 bridgehead atoms. The first-order chi connectivity index (χ1) is 8.59. The minimum Gasteiger partial charge on any atom is -0.373 e. The number of nitrogens with one attached hydrogen (secondary N) is 1. The average molecular weight is 266 g/mol. The molecule has 0 spiro atoms. The Kier molecular flexibility index (Phi) is 2.75. The summed E-state index contributed by atoms with van der Waals surface area (Å²) in [6, 6.07) is 5.02. The summed E-state index contributed by atoms with van der Waals surface area (Å²) >= 11 is 5.28. The highest BCUT2D eigenvalue weighted by molar-refractivity contribution is 7.71. The first kappa shape index (κ1) is 11.9. The molecule has 3 rings (SSSR count). The number of ether oxygens (including phenoxy) is 1. The maximum atomic E-state index is 13.7. The largest absolute Gasteiger partial charge is 0.373 e. The molecule has 1 aromatic heterocycles. The smallest absolute Gasteiger partial charge is 0.178 e. The number of aromatic nitrogens is 2. The summed E-state index contributed by atoms with van der Waals surface area (Å²) in [7, 11) is 0. The zero-order valence-electron chi connectivity index (χ0n) is 10.2. The number of benzene rings is 1. The molecule has 1 aromatic carbocycles. The van der Waals surface area contributed by atoms with Crippen molar-refractivity contribution in [2.75, 3.05) is 6.61 Å². The van der Waals surface area contributed by atoms with Gasteiger partial charge in [0.05, 0.1) is 17.7 Å². The summed E-state index contributed by atoms with van der Waals surface area (Å²) in [6.07, 6.45) is 2.08. The van der Waals surface area contributed by atoms with Crippen molar-refractivity contribution in [3.63, 3.8) is 0 Å². The molecular formula is C13H15FN2OS. The van der Waals surface area contributed by atoms with E-state index < -0.39 is 0 Å². The quantitative estimate of drug-likeness (QED) is 0.844. The summed E-state index contributed by atoms with van der Waals surface area (Å²) in [5.41, 5.74) is 1.08. The van der Waals surface area contributed by atoms with Gasteiger partial charge >= 0.3 is 0 Å². The number of hydrogen-bond donors (Lipinski definition) is 1. The van der Waals surface area contributed by atoms with Gasteiger partial charge < -0.3 is 14.3 Å². The van der Waals surface area contributed by atoms with E-state index in [-0.39, 0.29) is 11.4 Å². The first-order valence-corrected chi connectivity index (χ1v) is 6.51. The summed E-state index contributed by atoms with van der Waals surface area (Å²) < 4.78 is 21.9. The molecule has 2 heterocycles. The summed E-state index contributed by atoms with van der Waals surface area (Å²) in [4.78, 5) is 2.93. The van der Waals surface area contributed by atoms with Gasteiger partial charge in [0.15, 0.2) is 4.77 Å². The van der Waals surface area contributed by atoms with Gasteiger partial charge in [-0.25, -0.2) is 4.39 Å². The highest BCUT2D eigenvalue weighted by Gasteiger charge is 2.31. The van der Waals surface area contributed by atoms with Crippen molar-refractivity contribution in [3.8, 4) is 0 Å². The van der Waals surface area contributed by atoms with Crippen LogP contribution in [0.4, 0.5) is 4.39 Å². The van der Waals surface area contributed by atoms with E-state index in [0.717, 1.165) is 25.0 Å². The van der Waals surface area contributed by atoms with Crippen molar-refractivity contribution in [3.05, 3.63) is 28.8 Å². The van der Waals surface area contributed by atoms with Crippen molar-refractivity contribution in [1.82, 2.24) is 9.55 Å². The van der Waals surface area contributed by atoms with Gasteiger partial charge in [-0.15, -0.1) is 0 Å². The minimum absolute atomic E-state index is 0.195. The van der Waals surface area contributed by atoms with Crippen LogP contribution in [0.3, 0.4) is 0 Å². The van der Waals surface area contributed by atoms with E-state index in [1.807, 2.05) is 10.6 Å². The van der Waals surface area contributed by atoms with Crippen molar-refractivity contribution >= 4 is 23.3 Å². The Morgan fingerprint density at radius 2 is 2.39 bits per heavy atom. The van der Waals surface area contributed by atoms with Crippen LogP contribution in [0.2, 0.25) is 0 Å². The lowest BCUT2D eigenvalue weighted by molar-refractivity contribution is 0.00679. The molecule has 1 aliphatic heterocycles. The maximum absolute atomic E-state index is 13.7. The molecule has 0 saturated carbocycles. The molecule has 3 nitrogen and oxygen atoms in total. The van der Waals surface area contributed by atoms with Crippen LogP contribution in [-0.2, 0) is 11.3 Å². The van der Waals surface area contributed by atoms with Crippen molar-refractivity contribution in [2.45, 2.75) is 31.9 Å². The Balaban J connectivity index is 2.09. The van der Waals surface area contributed by atoms with Crippen LogP contribution in [0.25, 0.3) is 11.0 Å². The number of rotatable bonds is 2. The molecule has 0 amide bonds. The third-order valence-electron chi connectivity index (χ3n) is 3.55. The summed E-state index contributed by atoms with van der Waals surface area (Å²) in [6.45, 7) is 3.54. The van der Waals surface area contributed by atoms with Gasteiger partial charge in [-0.1, -0.05) is 6.07 Å². The SMILES string of the molecule is CC1(Cn2c(=S)[nH]c3c(F)cccc32)CCCO1. The maximum Gasteiger partial charge on any atom is 0.178 e. The second-order valence-electron chi connectivity index (χ2n) is 5.05. The van der Waals surface area contributed by atoms with Gasteiger partial charge in [-0.05, 0) is 44.1 Å². The molecule has 1 aliphatic rings. The third-order valence-corrected chi connectivity index (χ3v) is 3.88. The Labute approximate surface area is 110 Å². The zero-order valence-corrected chi connectivity index (χ0v) is 11.0. The van der Waals surface area contributed by atoms with E-state index in [4.69, 9.17) is 17.0 Å². The zero-order chi connectivity index (χ0) is 12.8. The monoisotopic (exact) mass is 266 g/mol. The van der Waals surface area contributed by atoms with Crippen molar-refractivity contribution in [1.29, 1.82) is 0 Å². The number of para-hydroxylation sites is 1. The number of halogens is 1. The molecule has 1 atom stereocenters.